The van der Waals surface area contributed by atoms with E-state index in [1.807, 2.05) is 0 Å². The Morgan fingerprint density at radius 3 is 2.55 bits per heavy atom. The first-order valence-corrected chi connectivity index (χ1v) is 6.58. The Morgan fingerprint density at radius 1 is 1.30 bits per heavy atom. The van der Waals surface area contributed by atoms with Crippen LogP contribution in [0, 0.1) is 0 Å². The van der Waals surface area contributed by atoms with Crippen LogP contribution in [0.3, 0.4) is 0 Å². The molecule has 1 heterocycles. The average molecular weight is 288 g/mol. The minimum Gasteiger partial charge on any atom is -0.481 e. The van der Waals surface area contributed by atoms with Gasteiger partial charge in [-0.2, -0.15) is 0 Å². The molecule has 0 aromatic rings. The van der Waals surface area contributed by atoms with Gasteiger partial charge in [0.2, 0.25) is 0 Å². The number of carboxylic acids is 2. The highest BCUT2D eigenvalue weighted by Crippen LogP contribution is 2.21. The van der Waals surface area contributed by atoms with Crippen molar-refractivity contribution in [3.63, 3.8) is 0 Å². The Balaban J connectivity index is 2.58. The van der Waals surface area contributed by atoms with Crippen LogP contribution in [0.15, 0.2) is 0 Å². The van der Waals surface area contributed by atoms with Gasteiger partial charge in [0, 0.05) is 19.2 Å². The molecule has 0 aromatic heterocycles. The topological polar surface area (TPSA) is 127 Å². The van der Waals surface area contributed by atoms with Gasteiger partial charge in [0.05, 0.1) is 6.42 Å². The first kappa shape index (κ1) is 16.2. The largest absolute Gasteiger partial charge is 0.481 e. The predicted octanol–water partition coefficient (Wildman–Crippen LogP) is -0.139. The number of carbonyl (C=O) groups excluding carboxylic acids is 1. The van der Waals surface area contributed by atoms with Crippen LogP contribution in [0.5, 0.6) is 0 Å². The summed E-state index contributed by atoms with van der Waals surface area (Å²) in [7, 11) is 0. The van der Waals surface area contributed by atoms with Gasteiger partial charge in [0.15, 0.2) is 0 Å². The molecule has 0 aliphatic carbocycles. The molecule has 1 unspecified atom stereocenters. The molecular formula is C12H20N2O6. The maximum Gasteiger partial charge on any atom is 0.326 e. The van der Waals surface area contributed by atoms with Gasteiger partial charge in [-0.25, -0.2) is 9.59 Å². The number of aliphatic carboxylic acids is 2. The molecule has 20 heavy (non-hydrogen) atoms. The van der Waals surface area contributed by atoms with E-state index in [2.05, 4.69) is 5.32 Å². The molecule has 0 saturated carbocycles. The second kappa shape index (κ2) is 7.68. The number of hydrogen-bond donors (Lipinski definition) is 4. The number of rotatable bonds is 7. The number of amides is 2. The van der Waals surface area contributed by atoms with Gasteiger partial charge >= 0.3 is 18.0 Å². The molecule has 0 bridgehead atoms. The summed E-state index contributed by atoms with van der Waals surface area (Å²) in [5.41, 5.74) is 0. The van der Waals surface area contributed by atoms with E-state index in [0.717, 1.165) is 12.8 Å². The van der Waals surface area contributed by atoms with Crippen LogP contribution in [0.25, 0.3) is 0 Å². The first-order valence-electron chi connectivity index (χ1n) is 6.58. The number of carboxylic acid groups (broad SMARTS) is 2. The lowest BCUT2D eigenvalue weighted by molar-refractivity contribution is -0.145. The zero-order valence-electron chi connectivity index (χ0n) is 11.1. The molecule has 1 fully saturated rings. The zero-order valence-corrected chi connectivity index (χ0v) is 11.1. The van der Waals surface area contributed by atoms with E-state index in [1.54, 1.807) is 0 Å². The lowest BCUT2D eigenvalue weighted by Gasteiger charge is -2.26. The Labute approximate surface area is 116 Å². The van der Waals surface area contributed by atoms with Crippen LogP contribution in [0.1, 0.15) is 32.1 Å². The number of hydrogen-bond acceptors (Lipinski definition) is 4. The van der Waals surface area contributed by atoms with Gasteiger partial charge in [-0.05, 0) is 25.7 Å². The third-order valence-corrected chi connectivity index (χ3v) is 3.31. The summed E-state index contributed by atoms with van der Waals surface area (Å²) in [6.07, 6.45) is 2.20. The lowest BCUT2D eigenvalue weighted by Crippen LogP contribution is -2.50. The Hall–Kier alpha value is -1.83. The fourth-order valence-corrected chi connectivity index (χ4v) is 2.34. The Kier molecular flexibility index (Phi) is 6.23. The summed E-state index contributed by atoms with van der Waals surface area (Å²) in [6, 6.07) is -2.01. The lowest BCUT2D eigenvalue weighted by atomic mass is 10.1. The maximum absolute atomic E-state index is 12.0. The quantitative estimate of drug-likeness (QED) is 0.516. The van der Waals surface area contributed by atoms with E-state index >= 15 is 0 Å². The molecule has 114 valence electrons. The fourth-order valence-electron chi connectivity index (χ4n) is 2.34. The van der Waals surface area contributed by atoms with Gasteiger partial charge in [0.1, 0.15) is 6.04 Å². The van der Waals surface area contributed by atoms with Crippen LogP contribution >= 0.6 is 0 Å². The monoisotopic (exact) mass is 288 g/mol. The fraction of sp³-hybridized carbons (Fsp3) is 0.750. The van der Waals surface area contributed by atoms with E-state index in [4.69, 9.17) is 15.3 Å². The molecule has 1 rings (SSSR count). The summed E-state index contributed by atoms with van der Waals surface area (Å²) in [5, 5.41) is 28.6. The van der Waals surface area contributed by atoms with E-state index < -0.39 is 30.4 Å². The van der Waals surface area contributed by atoms with Crippen LogP contribution in [-0.2, 0) is 9.59 Å². The highest BCUT2D eigenvalue weighted by Gasteiger charge is 2.31. The molecule has 0 aromatic carbocycles. The van der Waals surface area contributed by atoms with Gasteiger partial charge in [-0.15, -0.1) is 0 Å². The number of nitrogens with one attached hydrogen (secondary N) is 1. The van der Waals surface area contributed by atoms with Crippen LogP contribution in [-0.4, -0.2) is 63.4 Å². The molecule has 2 atom stereocenters. The van der Waals surface area contributed by atoms with Crippen molar-refractivity contribution in [1.29, 1.82) is 0 Å². The average Bonchev–Trinajstić information content (AvgIpc) is 2.83. The van der Waals surface area contributed by atoms with Gasteiger partial charge in [-0.3, -0.25) is 4.79 Å². The van der Waals surface area contributed by atoms with Crippen molar-refractivity contribution in [2.45, 2.75) is 44.2 Å². The Morgan fingerprint density at radius 2 is 2.00 bits per heavy atom. The zero-order chi connectivity index (χ0) is 15.1. The number of likely N-dealkylation sites (tertiary alicyclic amines) is 1. The van der Waals surface area contributed by atoms with Crippen LogP contribution < -0.4 is 5.32 Å². The molecule has 1 saturated heterocycles. The number of urea groups is 1. The molecule has 8 nitrogen and oxygen atoms in total. The van der Waals surface area contributed by atoms with Crippen molar-refractivity contribution < 1.29 is 29.7 Å². The molecular weight excluding hydrogens is 268 g/mol. The van der Waals surface area contributed by atoms with Crippen LogP contribution in [0.4, 0.5) is 4.79 Å². The van der Waals surface area contributed by atoms with Crippen molar-refractivity contribution in [3.05, 3.63) is 0 Å². The number of nitrogens with zero attached hydrogens (tertiary/aromatic N) is 1. The van der Waals surface area contributed by atoms with E-state index in [0.29, 0.717) is 19.4 Å². The molecule has 4 N–H and O–H groups in total. The summed E-state index contributed by atoms with van der Waals surface area (Å²) >= 11 is 0. The minimum absolute atomic E-state index is 0.0265. The van der Waals surface area contributed by atoms with Crippen molar-refractivity contribution >= 4 is 18.0 Å². The molecule has 0 radical (unpaired) electrons. The maximum atomic E-state index is 12.0. The van der Waals surface area contributed by atoms with E-state index in [1.165, 1.54) is 4.90 Å². The summed E-state index contributed by atoms with van der Waals surface area (Å²) < 4.78 is 0. The SMILES string of the molecule is O=C(O)C[C@H](NC(=O)N1CCCC1CCCO)C(=O)O. The molecule has 1 aliphatic rings. The van der Waals surface area contributed by atoms with Crippen molar-refractivity contribution in [3.8, 4) is 0 Å². The smallest absolute Gasteiger partial charge is 0.326 e. The minimum atomic E-state index is -1.43. The third-order valence-electron chi connectivity index (χ3n) is 3.31. The second-order valence-electron chi connectivity index (χ2n) is 4.79. The van der Waals surface area contributed by atoms with E-state index in [-0.39, 0.29) is 12.6 Å². The standard InChI is InChI=1S/C12H20N2O6/c15-6-2-4-8-3-1-5-14(8)12(20)13-9(11(18)19)7-10(16)17/h8-9,15H,1-7H2,(H,13,20)(H,16,17)(H,18,19)/t8?,9-/m0/s1. The van der Waals surface area contributed by atoms with Crippen molar-refractivity contribution in [2.24, 2.45) is 0 Å². The highest BCUT2D eigenvalue weighted by molar-refractivity contribution is 5.86. The summed E-state index contributed by atoms with van der Waals surface area (Å²) in [6.45, 7) is 0.560. The Bertz CT molecular complexity index is 373. The van der Waals surface area contributed by atoms with Gasteiger partial charge in [0.25, 0.3) is 0 Å². The molecule has 8 heteroatoms. The molecule has 0 spiro atoms. The van der Waals surface area contributed by atoms with Crippen LogP contribution in [0.2, 0.25) is 0 Å². The predicted molar refractivity (Wildman–Crippen MR) is 68.3 cm³/mol. The number of aliphatic hydroxyl groups is 1. The molecule has 1 aliphatic heterocycles. The summed E-state index contributed by atoms with van der Waals surface area (Å²) in [5.74, 6) is -2.65. The van der Waals surface area contributed by atoms with Crippen molar-refractivity contribution in [2.75, 3.05) is 13.2 Å². The highest BCUT2D eigenvalue weighted by atomic mass is 16.4. The molecule has 2 amide bonds. The normalized spacial score (nSPS) is 19.6. The third kappa shape index (κ3) is 4.69. The van der Waals surface area contributed by atoms with Gasteiger partial charge < -0.3 is 25.5 Å². The van der Waals surface area contributed by atoms with Gasteiger partial charge in [-0.1, -0.05) is 0 Å². The number of aliphatic hydroxyl groups excluding tert-OH is 1. The van der Waals surface area contributed by atoms with Crippen molar-refractivity contribution in [1.82, 2.24) is 10.2 Å². The summed E-state index contributed by atoms with van der Waals surface area (Å²) in [4.78, 5) is 35.0. The number of carbonyl (C=O) groups is 3. The van der Waals surface area contributed by atoms with E-state index in [9.17, 15) is 14.4 Å². The first-order chi connectivity index (χ1) is 9.45. The second-order valence-corrected chi connectivity index (χ2v) is 4.79.